The van der Waals surface area contributed by atoms with Crippen LogP contribution in [0.4, 0.5) is 0 Å². The van der Waals surface area contributed by atoms with Crippen LogP contribution >= 0.6 is 11.6 Å². The van der Waals surface area contributed by atoms with Crippen LogP contribution in [-0.4, -0.2) is 49.9 Å². The van der Waals surface area contributed by atoms with E-state index in [4.69, 9.17) is 35.5 Å². The van der Waals surface area contributed by atoms with E-state index in [0.29, 0.717) is 53.2 Å². The molecule has 38 heavy (non-hydrogen) atoms. The maximum atomic E-state index is 12.9. The minimum Gasteiger partial charge on any atom is -0.493 e. The van der Waals surface area contributed by atoms with Crippen molar-refractivity contribution < 1.29 is 23.7 Å². The van der Waals surface area contributed by atoms with Gasteiger partial charge in [0.15, 0.2) is 11.5 Å². The van der Waals surface area contributed by atoms with Gasteiger partial charge in [-0.3, -0.25) is 4.79 Å². The lowest BCUT2D eigenvalue weighted by Gasteiger charge is -2.14. The zero-order chi connectivity index (χ0) is 26.9. The predicted octanol–water partition coefficient (Wildman–Crippen LogP) is 5.55. The first-order chi connectivity index (χ1) is 18.5. The van der Waals surface area contributed by atoms with Gasteiger partial charge in [-0.05, 0) is 49.2 Å². The number of benzene rings is 3. The molecule has 1 heterocycles. The molecule has 0 fully saturated rings. The van der Waals surface area contributed by atoms with Crippen LogP contribution in [0.5, 0.6) is 23.0 Å². The number of imidazole rings is 1. The number of amides is 1. The Morgan fingerprint density at radius 2 is 1.63 bits per heavy atom. The van der Waals surface area contributed by atoms with Gasteiger partial charge in [0.25, 0.3) is 5.91 Å². The van der Waals surface area contributed by atoms with E-state index in [1.54, 1.807) is 12.1 Å². The molecule has 0 atom stereocenters. The molecule has 0 saturated heterocycles. The summed E-state index contributed by atoms with van der Waals surface area (Å²) in [4.78, 5) is 17.7. The Bertz CT molecular complexity index is 1360. The van der Waals surface area contributed by atoms with Gasteiger partial charge in [0.2, 0.25) is 5.75 Å². The molecule has 0 saturated carbocycles. The minimum atomic E-state index is -0.233. The van der Waals surface area contributed by atoms with E-state index in [0.717, 1.165) is 36.2 Å². The number of para-hydroxylation sites is 3. The highest BCUT2D eigenvalue weighted by Crippen LogP contribution is 2.38. The molecule has 0 spiro atoms. The Kier molecular flexibility index (Phi) is 9.32. The molecule has 3 aromatic carbocycles. The van der Waals surface area contributed by atoms with E-state index < -0.39 is 0 Å². The molecule has 9 heteroatoms. The third kappa shape index (κ3) is 6.31. The summed E-state index contributed by atoms with van der Waals surface area (Å²) in [5.41, 5.74) is 2.43. The monoisotopic (exact) mass is 537 g/mol. The average Bonchev–Trinajstić information content (AvgIpc) is 3.29. The highest BCUT2D eigenvalue weighted by molar-refractivity contribution is 6.32. The van der Waals surface area contributed by atoms with Crippen LogP contribution in [0.15, 0.2) is 60.7 Å². The lowest BCUT2D eigenvalue weighted by atomic mass is 10.1. The number of hydrogen-bond donors (Lipinski definition) is 1. The Morgan fingerprint density at radius 1 is 0.921 bits per heavy atom. The van der Waals surface area contributed by atoms with Crippen LogP contribution < -0.4 is 24.3 Å². The van der Waals surface area contributed by atoms with E-state index in [9.17, 15) is 4.79 Å². The number of methoxy groups -OCH3 is 3. The molecule has 0 bridgehead atoms. The predicted molar refractivity (Wildman–Crippen MR) is 148 cm³/mol. The van der Waals surface area contributed by atoms with Gasteiger partial charge in [-0.2, -0.15) is 0 Å². The van der Waals surface area contributed by atoms with Crippen LogP contribution in [-0.2, 0) is 13.0 Å². The number of rotatable bonds is 13. The first-order valence-corrected chi connectivity index (χ1v) is 12.8. The van der Waals surface area contributed by atoms with Crippen molar-refractivity contribution in [3.05, 3.63) is 77.1 Å². The van der Waals surface area contributed by atoms with Crippen LogP contribution in [0, 0.1) is 0 Å². The van der Waals surface area contributed by atoms with Crippen molar-refractivity contribution in [3.8, 4) is 23.0 Å². The largest absolute Gasteiger partial charge is 0.493 e. The highest BCUT2D eigenvalue weighted by atomic mass is 35.5. The second-order valence-electron chi connectivity index (χ2n) is 8.57. The molecule has 0 aliphatic carbocycles. The number of aromatic nitrogens is 2. The number of nitrogens with one attached hydrogen (secondary N) is 1. The first-order valence-electron chi connectivity index (χ1n) is 12.5. The summed E-state index contributed by atoms with van der Waals surface area (Å²) in [7, 11) is 4.57. The van der Waals surface area contributed by atoms with E-state index in [2.05, 4.69) is 16.0 Å². The Hall–Kier alpha value is -3.91. The van der Waals surface area contributed by atoms with Gasteiger partial charge in [-0.15, -0.1) is 0 Å². The number of carbonyl (C=O) groups is 1. The van der Waals surface area contributed by atoms with Crippen LogP contribution in [0.3, 0.4) is 0 Å². The van der Waals surface area contributed by atoms with Crippen molar-refractivity contribution in [2.45, 2.75) is 25.8 Å². The van der Waals surface area contributed by atoms with Gasteiger partial charge in [0.05, 0.1) is 44.0 Å². The third-order valence-electron chi connectivity index (χ3n) is 6.16. The third-order valence-corrected chi connectivity index (χ3v) is 6.48. The van der Waals surface area contributed by atoms with E-state index >= 15 is 0 Å². The number of aryl methyl sites for hydroxylation is 1. The quantitative estimate of drug-likeness (QED) is 0.225. The standard InChI is InChI=1S/C29H32ClN3O5/c1-35-25-18-20(19-26(36-2)28(25)37-3)29(34)31-15-14-27-32-22-11-5-6-12-23(22)33(27)16-8-9-17-38-24-13-7-4-10-21(24)30/h4-7,10-13,18-19H,8-9,14-17H2,1-3H3,(H,31,34). The summed E-state index contributed by atoms with van der Waals surface area (Å²) in [5.74, 6) is 2.69. The molecule has 4 rings (SSSR count). The zero-order valence-electron chi connectivity index (χ0n) is 21.8. The first kappa shape index (κ1) is 27.1. The molecular weight excluding hydrogens is 506 g/mol. The lowest BCUT2D eigenvalue weighted by molar-refractivity contribution is 0.0953. The molecular formula is C29H32ClN3O5. The number of ether oxygens (including phenoxy) is 4. The molecule has 1 N–H and O–H groups in total. The van der Waals surface area contributed by atoms with Crippen LogP contribution in [0.25, 0.3) is 11.0 Å². The summed E-state index contributed by atoms with van der Waals surface area (Å²) in [5, 5.41) is 3.60. The Balaban J connectivity index is 1.37. The number of nitrogens with zero attached hydrogens (tertiary/aromatic N) is 2. The second kappa shape index (κ2) is 13.1. The fourth-order valence-electron chi connectivity index (χ4n) is 4.28. The van der Waals surface area contributed by atoms with Gasteiger partial charge in [0, 0.05) is 25.1 Å². The van der Waals surface area contributed by atoms with E-state index in [1.807, 2.05) is 42.5 Å². The molecule has 0 radical (unpaired) electrons. The summed E-state index contributed by atoms with van der Waals surface area (Å²) in [6.45, 7) is 1.80. The minimum absolute atomic E-state index is 0.233. The van der Waals surface area contributed by atoms with Crippen molar-refractivity contribution in [3.63, 3.8) is 0 Å². The molecule has 1 aromatic heterocycles. The Morgan fingerprint density at radius 3 is 2.34 bits per heavy atom. The molecule has 0 aliphatic rings. The molecule has 200 valence electrons. The van der Waals surface area contributed by atoms with E-state index in [-0.39, 0.29) is 5.91 Å². The SMILES string of the molecule is COc1cc(C(=O)NCCc2nc3ccccc3n2CCCCOc2ccccc2Cl)cc(OC)c1OC. The maximum absolute atomic E-state index is 12.9. The van der Waals surface area contributed by atoms with Gasteiger partial charge in [-0.1, -0.05) is 35.9 Å². The van der Waals surface area contributed by atoms with Gasteiger partial charge in [0.1, 0.15) is 11.6 Å². The average molecular weight is 538 g/mol. The number of unbranched alkanes of at least 4 members (excludes halogenated alkanes) is 1. The number of fused-ring (bicyclic) bond motifs is 1. The van der Waals surface area contributed by atoms with Crippen molar-refractivity contribution in [2.75, 3.05) is 34.5 Å². The summed E-state index contributed by atoms with van der Waals surface area (Å²) in [6, 6.07) is 18.8. The highest BCUT2D eigenvalue weighted by Gasteiger charge is 2.17. The molecule has 0 unspecified atom stereocenters. The van der Waals surface area contributed by atoms with Gasteiger partial charge in [-0.25, -0.2) is 4.98 Å². The fourth-order valence-corrected chi connectivity index (χ4v) is 4.47. The van der Waals surface area contributed by atoms with Gasteiger partial charge >= 0.3 is 0 Å². The Labute approximate surface area is 227 Å². The van der Waals surface area contributed by atoms with Gasteiger partial charge < -0.3 is 28.8 Å². The van der Waals surface area contributed by atoms with E-state index in [1.165, 1.54) is 21.3 Å². The second-order valence-corrected chi connectivity index (χ2v) is 8.98. The smallest absolute Gasteiger partial charge is 0.251 e. The maximum Gasteiger partial charge on any atom is 0.251 e. The summed E-state index contributed by atoms with van der Waals surface area (Å²) < 4.78 is 24.1. The van der Waals surface area contributed by atoms with Crippen LogP contribution in [0.2, 0.25) is 5.02 Å². The molecule has 8 nitrogen and oxygen atoms in total. The number of halogens is 1. The topological polar surface area (TPSA) is 83.8 Å². The van der Waals surface area contributed by atoms with Crippen molar-refractivity contribution in [1.29, 1.82) is 0 Å². The molecule has 4 aromatic rings. The van der Waals surface area contributed by atoms with Crippen molar-refractivity contribution in [1.82, 2.24) is 14.9 Å². The summed E-state index contributed by atoms with van der Waals surface area (Å²) in [6.07, 6.45) is 2.37. The number of hydrogen-bond acceptors (Lipinski definition) is 6. The van der Waals surface area contributed by atoms with Crippen LogP contribution in [0.1, 0.15) is 29.0 Å². The fraction of sp³-hybridized carbons (Fsp3) is 0.310. The normalized spacial score (nSPS) is 10.8. The summed E-state index contributed by atoms with van der Waals surface area (Å²) >= 11 is 6.17. The van der Waals surface area contributed by atoms with Crippen molar-refractivity contribution >= 4 is 28.5 Å². The zero-order valence-corrected chi connectivity index (χ0v) is 22.6. The molecule has 1 amide bonds. The lowest BCUT2D eigenvalue weighted by Crippen LogP contribution is -2.26. The molecule has 0 aliphatic heterocycles. The van der Waals surface area contributed by atoms with Crippen molar-refractivity contribution in [2.24, 2.45) is 0 Å². The number of carbonyl (C=O) groups excluding carboxylic acids is 1.